The minimum Gasteiger partial charge on any atom is -0.494 e. The average Bonchev–Trinajstić information content (AvgIpc) is 3.96. The van der Waals surface area contributed by atoms with Gasteiger partial charge in [-0.3, -0.25) is 39.2 Å². The van der Waals surface area contributed by atoms with Gasteiger partial charge in [-0.25, -0.2) is 9.97 Å². The third-order valence-corrected chi connectivity index (χ3v) is 9.29. The number of imidazole rings is 2. The average molecular weight is 794 g/mol. The number of carbonyl (C=O) groups is 4. The number of amides is 4. The first-order valence-electron chi connectivity index (χ1n) is 18.7. The van der Waals surface area contributed by atoms with Gasteiger partial charge >= 0.3 is 0 Å². The van der Waals surface area contributed by atoms with Crippen LogP contribution in [0.25, 0.3) is 22.1 Å². The molecule has 58 heavy (non-hydrogen) atoms. The van der Waals surface area contributed by atoms with Crippen molar-refractivity contribution in [1.82, 2.24) is 44.0 Å². The van der Waals surface area contributed by atoms with Crippen LogP contribution in [0.15, 0.2) is 48.6 Å². The van der Waals surface area contributed by atoms with Crippen molar-refractivity contribution >= 4 is 57.6 Å². The van der Waals surface area contributed by atoms with Crippen molar-refractivity contribution < 1.29 is 28.7 Å². The molecular formula is C39H47N13O6. The van der Waals surface area contributed by atoms with Crippen LogP contribution in [-0.2, 0) is 26.2 Å². The van der Waals surface area contributed by atoms with Gasteiger partial charge in [0.2, 0.25) is 23.7 Å². The van der Waals surface area contributed by atoms with Crippen molar-refractivity contribution in [2.75, 3.05) is 37.9 Å². The number of anilines is 2. The molecular weight excluding hydrogens is 747 g/mol. The lowest BCUT2D eigenvalue weighted by molar-refractivity contribution is 0.0991. The molecule has 0 aliphatic rings. The number of hydrogen-bond donors (Lipinski definition) is 5. The molecule has 6 rings (SSSR count). The number of carbonyl (C=O) groups excluding carboxylic acids is 4. The van der Waals surface area contributed by atoms with E-state index >= 15 is 0 Å². The number of nitrogens with zero attached hydrogens (tertiary/aromatic N) is 8. The summed E-state index contributed by atoms with van der Waals surface area (Å²) in [6, 6.07) is 9.55. The molecule has 0 fully saturated rings. The van der Waals surface area contributed by atoms with Crippen LogP contribution in [0.3, 0.4) is 0 Å². The molecule has 4 aromatic heterocycles. The van der Waals surface area contributed by atoms with Gasteiger partial charge in [-0.1, -0.05) is 12.2 Å². The third kappa shape index (κ3) is 8.38. The van der Waals surface area contributed by atoms with Crippen LogP contribution < -0.4 is 36.9 Å². The summed E-state index contributed by atoms with van der Waals surface area (Å²) in [6.07, 6.45) is 4.37. The van der Waals surface area contributed by atoms with Crippen molar-refractivity contribution in [3.8, 4) is 11.5 Å². The van der Waals surface area contributed by atoms with Gasteiger partial charge in [0.15, 0.2) is 0 Å². The Morgan fingerprint density at radius 1 is 0.724 bits per heavy atom. The number of allylic oxidation sites excluding steroid dienone is 2. The second-order valence-electron chi connectivity index (χ2n) is 13.4. The summed E-state index contributed by atoms with van der Waals surface area (Å²) < 4.78 is 18.6. The third-order valence-electron chi connectivity index (χ3n) is 9.29. The number of hydrogen-bond acceptors (Lipinski definition) is 11. The minimum absolute atomic E-state index is 0.174. The second-order valence-corrected chi connectivity index (χ2v) is 13.4. The van der Waals surface area contributed by atoms with Gasteiger partial charge in [0.25, 0.3) is 11.8 Å². The Kier molecular flexibility index (Phi) is 12.2. The molecule has 19 nitrogen and oxygen atoms in total. The fourth-order valence-electron chi connectivity index (χ4n) is 6.62. The lowest BCUT2D eigenvalue weighted by atomic mass is 10.1. The first-order chi connectivity index (χ1) is 27.9. The molecule has 4 amide bonds. The lowest BCUT2D eigenvalue weighted by Gasteiger charge is -2.13. The van der Waals surface area contributed by atoms with E-state index in [1.807, 2.05) is 33.0 Å². The summed E-state index contributed by atoms with van der Waals surface area (Å²) in [6.45, 7) is 9.72. The van der Waals surface area contributed by atoms with Crippen LogP contribution in [0.1, 0.15) is 73.3 Å². The normalized spacial score (nSPS) is 11.5. The zero-order chi connectivity index (χ0) is 41.7. The molecule has 0 atom stereocenters. The van der Waals surface area contributed by atoms with Crippen molar-refractivity contribution in [1.29, 1.82) is 0 Å². The molecule has 0 bridgehead atoms. The molecule has 0 aliphatic heterocycles. The largest absolute Gasteiger partial charge is 0.494 e. The predicted molar refractivity (Wildman–Crippen MR) is 217 cm³/mol. The van der Waals surface area contributed by atoms with Crippen LogP contribution in [0, 0.1) is 13.8 Å². The van der Waals surface area contributed by atoms with Gasteiger partial charge < -0.3 is 35.4 Å². The Morgan fingerprint density at radius 2 is 1.19 bits per heavy atom. The maximum Gasteiger partial charge on any atom is 0.276 e. The summed E-state index contributed by atoms with van der Waals surface area (Å²) in [7, 11) is 3.30. The first kappa shape index (κ1) is 40.6. The van der Waals surface area contributed by atoms with Gasteiger partial charge in [0.05, 0.1) is 36.1 Å². The van der Waals surface area contributed by atoms with Gasteiger partial charge in [-0.15, -0.1) is 0 Å². The molecule has 0 spiro atoms. The molecule has 0 radical (unpaired) electrons. The first-order valence-corrected chi connectivity index (χ1v) is 18.7. The summed E-state index contributed by atoms with van der Waals surface area (Å²) in [4.78, 5) is 61.3. The number of rotatable bonds is 18. The topological polar surface area (TPSA) is 246 Å². The number of aryl methyl sites for hydroxylation is 4. The standard InChI is InChI=1S/C39H47N13O6/c1-7-51-28(16-22(3)47-51)36(55)45-38-43-26-18-24(34(40)53)20-30(57-6)32(26)49(38)13-9-10-14-50-33-27(19-25(35(41)54)21-31(33)58-15-11-12-42-5)44-39(50)46-37(56)29-17-23(4)48-52(29)8-2/h9-10,16-21,42H,7-8,11-15H2,1-6H3,(H2,40,53)(H2,41,54)(H,43,45,55)(H,44,46,56). The Balaban J connectivity index is 1.41. The SMILES string of the molecule is CCn1nc(C)cc1C(=O)Nc1nc2cc(C(N)=O)cc(OC)c2n1CC=CCn1c(NC(=O)c2cc(C)nn2CC)nc2cc(C(N)=O)cc(OCCCNC)c21. The van der Waals surface area contributed by atoms with Crippen LogP contribution >= 0.6 is 0 Å². The molecule has 7 N–H and O–H groups in total. The van der Waals surface area contributed by atoms with Crippen molar-refractivity contribution in [2.24, 2.45) is 11.5 Å². The van der Waals surface area contributed by atoms with Crippen molar-refractivity contribution in [2.45, 2.75) is 60.3 Å². The van der Waals surface area contributed by atoms with E-state index in [-0.39, 0.29) is 36.1 Å². The highest BCUT2D eigenvalue weighted by atomic mass is 16.5. The van der Waals surface area contributed by atoms with E-state index in [0.29, 0.717) is 89.0 Å². The van der Waals surface area contributed by atoms with Gasteiger partial charge in [-0.05, 0) is 84.1 Å². The number of benzene rings is 2. The van der Waals surface area contributed by atoms with Crippen LogP contribution in [0.2, 0.25) is 0 Å². The molecule has 2 aromatic carbocycles. The highest BCUT2D eigenvalue weighted by Gasteiger charge is 2.23. The fraction of sp³-hybridized carbons (Fsp3) is 0.333. The zero-order valence-corrected chi connectivity index (χ0v) is 33.3. The molecule has 0 aliphatic carbocycles. The van der Waals surface area contributed by atoms with Crippen LogP contribution in [0.5, 0.6) is 11.5 Å². The van der Waals surface area contributed by atoms with E-state index in [0.717, 1.165) is 0 Å². The zero-order valence-electron chi connectivity index (χ0n) is 33.3. The molecule has 4 heterocycles. The van der Waals surface area contributed by atoms with E-state index in [9.17, 15) is 19.2 Å². The monoisotopic (exact) mass is 793 g/mol. The summed E-state index contributed by atoms with van der Waals surface area (Å²) in [5.41, 5.74) is 15.6. The maximum atomic E-state index is 13.7. The van der Waals surface area contributed by atoms with Crippen LogP contribution in [0.4, 0.5) is 11.9 Å². The molecule has 19 heteroatoms. The lowest BCUT2D eigenvalue weighted by Crippen LogP contribution is -2.20. The number of nitrogens with two attached hydrogens (primary N) is 2. The minimum atomic E-state index is -0.666. The predicted octanol–water partition coefficient (Wildman–Crippen LogP) is 3.39. The highest BCUT2D eigenvalue weighted by Crippen LogP contribution is 2.33. The molecule has 6 aromatic rings. The van der Waals surface area contributed by atoms with Gasteiger partial charge in [0, 0.05) is 37.3 Å². The number of ether oxygens (including phenoxy) is 2. The number of nitrogens with one attached hydrogen (secondary N) is 3. The van der Waals surface area contributed by atoms with E-state index in [4.69, 9.17) is 25.9 Å². The van der Waals surface area contributed by atoms with E-state index in [1.54, 1.807) is 56.6 Å². The van der Waals surface area contributed by atoms with Crippen molar-refractivity contribution in [3.63, 3.8) is 0 Å². The fourth-order valence-corrected chi connectivity index (χ4v) is 6.62. The molecule has 0 unspecified atom stereocenters. The summed E-state index contributed by atoms with van der Waals surface area (Å²) >= 11 is 0. The van der Waals surface area contributed by atoms with E-state index in [2.05, 4.69) is 31.1 Å². The smallest absolute Gasteiger partial charge is 0.276 e. The number of fused-ring (bicyclic) bond motifs is 2. The summed E-state index contributed by atoms with van der Waals surface area (Å²) in [5, 5.41) is 17.7. The summed E-state index contributed by atoms with van der Waals surface area (Å²) in [5.74, 6) is -1.13. The van der Waals surface area contributed by atoms with E-state index in [1.165, 1.54) is 19.2 Å². The number of aromatic nitrogens is 8. The molecule has 0 saturated carbocycles. The van der Waals surface area contributed by atoms with Gasteiger partial charge in [0.1, 0.15) is 33.9 Å². The Morgan fingerprint density at radius 3 is 1.62 bits per heavy atom. The number of methoxy groups -OCH3 is 1. The molecule has 304 valence electrons. The Labute approximate surface area is 333 Å². The molecule has 0 saturated heterocycles. The Hall–Kier alpha value is -7.02. The number of primary amides is 2. The second kappa shape index (κ2) is 17.4. The van der Waals surface area contributed by atoms with Crippen LogP contribution in [-0.4, -0.2) is 89.6 Å². The highest BCUT2D eigenvalue weighted by molar-refractivity contribution is 6.05. The van der Waals surface area contributed by atoms with Crippen molar-refractivity contribution in [3.05, 3.63) is 82.5 Å². The quantitative estimate of drug-likeness (QED) is 0.0624. The maximum absolute atomic E-state index is 13.7. The van der Waals surface area contributed by atoms with Gasteiger partial charge in [-0.2, -0.15) is 10.2 Å². The van der Waals surface area contributed by atoms with E-state index < -0.39 is 23.6 Å². The Bertz CT molecular complexity index is 2560.